The zero-order chi connectivity index (χ0) is 47.5. The first-order chi connectivity index (χ1) is 32.2. The Balaban J connectivity index is 0.000000200. The molecule has 0 radical (unpaired) electrons. The van der Waals surface area contributed by atoms with E-state index in [9.17, 15) is 38.4 Å². The third-order valence-corrected chi connectivity index (χ3v) is 14.0. The molecule has 0 saturated heterocycles. The summed E-state index contributed by atoms with van der Waals surface area (Å²) in [7, 11) is -3.94. The van der Waals surface area contributed by atoms with Crippen LogP contribution in [0.3, 0.4) is 0 Å². The van der Waals surface area contributed by atoms with Crippen LogP contribution in [0.25, 0.3) is 0 Å². The van der Waals surface area contributed by atoms with Crippen LogP contribution >= 0.6 is 0 Å². The van der Waals surface area contributed by atoms with Crippen LogP contribution in [0.15, 0.2) is 163 Å². The number of nitrogens with one attached hydrogen (secondary N) is 2. The zero-order valence-corrected chi connectivity index (χ0v) is 38.5. The standard InChI is InChI=1S/C28H31NO3.C27H30N2O5S/c1-19-9-5-6-12-21(19)16-24(30)17-23(15-20-10-3-2-4-11-20)28(32)29-27-25-14-8-7-13-22(25)18-26(27)31;28-35(33,34)25-13-7-5-11-20(25)15-22(30)16-21(14-18-8-2-1-3-9-18)27(32)29-26-23-12-6-4-10-19(23)17-24(26)31/h2-14,23-24,26-27,30-31H,15-18H2,1H3,(H,29,32);1-13,21-22,24,26,30-31H,14-17H2,(H,29,32)(H2,28,33,34)/t23?,24-,26-,27+;21?,22?,24-,26+/m11/s1. The second-order valence-electron chi connectivity index (χ2n) is 18.0. The Hall–Kier alpha value is -5.99. The van der Waals surface area contributed by atoms with E-state index in [1.54, 1.807) is 18.2 Å². The van der Waals surface area contributed by atoms with Gasteiger partial charge < -0.3 is 31.1 Å². The molecule has 0 spiro atoms. The van der Waals surface area contributed by atoms with Crippen LogP contribution in [-0.2, 0) is 58.1 Å². The van der Waals surface area contributed by atoms with Crippen LogP contribution in [0, 0.1) is 18.8 Å². The molecule has 3 unspecified atom stereocenters. The molecule has 6 aromatic carbocycles. The lowest BCUT2D eigenvalue weighted by Gasteiger charge is -2.24. The Kier molecular flexibility index (Phi) is 16.6. The van der Waals surface area contributed by atoms with Crippen LogP contribution < -0.4 is 15.8 Å². The van der Waals surface area contributed by atoms with Crippen molar-refractivity contribution >= 4 is 21.8 Å². The van der Waals surface area contributed by atoms with Crippen molar-refractivity contribution in [3.8, 4) is 0 Å². The molecule has 350 valence electrons. The number of fused-ring (bicyclic) bond motifs is 2. The summed E-state index contributed by atoms with van der Waals surface area (Å²) in [6.07, 6.45) is 0.0229. The molecule has 0 aromatic heterocycles. The third-order valence-electron chi connectivity index (χ3n) is 13.0. The van der Waals surface area contributed by atoms with Crippen molar-refractivity contribution in [3.63, 3.8) is 0 Å². The number of aliphatic hydroxyl groups is 4. The molecule has 8 N–H and O–H groups in total. The lowest BCUT2D eigenvalue weighted by molar-refractivity contribution is -0.128. The molecular weight excluding hydrogens is 863 g/mol. The number of aliphatic hydroxyl groups excluding tert-OH is 4. The second kappa shape index (κ2) is 22.7. The maximum atomic E-state index is 13.4. The first kappa shape index (κ1) is 48.9. The van der Waals surface area contributed by atoms with E-state index in [0.29, 0.717) is 44.1 Å². The minimum absolute atomic E-state index is 0.0335. The van der Waals surface area contributed by atoms with E-state index in [1.165, 1.54) is 6.07 Å². The highest BCUT2D eigenvalue weighted by atomic mass is 32.2. The summed E-state index contributed by atoms with van der Waals surface area (Å²) >= 11 is 0. The van der Waals surface area contributed by atoms with E-state index in [-0.39, 0.29) is 29.6 Å². The minimum Gasteiger partial charge on any atom is -0.393 e. The van der Waals surface area contributed by atoms with E-state index in [4.69, 9.17) is 5.14 Å². The summed E-state index contributed by atoms with van der Waals surface area (Å²) < 4.78 is 23.9. The van der Waals surface area contributed by atoms with Crippen molar-refractivity contribution in [3.05, 3.63) is 208 Å². The van der Waals surface area contributed by atoms with Crippen molar-refractivity contribution in [2.24, 2.45) is 17.0 Å². The normalized spacial score (nSPS) is 19.1. The Morgan fingerprint density at radius 1 is 0.552 bits per heavy atom. The van der Waals surface area contributed by atoms with Gasteiger partial charge in [0.1, 0.15) is 0 Å². The number of rotatable bonds is 17. The van der Waals surface area contributed by atoms with Gasteiger partial charge in [-0.25, -0.2) is 13.6 Å². The number of nitrogens with two attached hydrogens (primary N) is 1. The number of primary sulfonamides is 1. The van der Waals surface area contributed by atoms with E-state index >= 15 is 0 Å². The van der Waals surface area contributed by atoms with Crippen molar-refractivity contribution < 1.29 is 38.4 Å². The van der Waals surface area contributed by atoms with Gasteiger partial charge in [-0.2, -0.15) is 0 Å². The number of carbonyl (C=O) groups excluding carboxylic acids is 2. The van der Waals surface area contributed by atoms with Gasteiger partial charge in [-0.3, -0.25) is 9.59 Å². The molecule has 0 bridgehead atoms. The largest absolute Gasteiger partial charge is 0.393 e. The van der Waals surface area contributed by atoms with Crippen LogP contribution in [0.5, 0.6) is 0 Å². The molecule has 0 fully saturated rings. The predicted molar refractivity (Wildman–Crippen MR) is 259 cm³/mol. The first-order valence-corrected chi connectivity index (χ1v) is 24.5. The molecule has 11 nitrogen and oxygen atoms in total. The Bertz CT molecular complexity index is 2700. The molecule has 8 rings (SSSR count). The number of hydrogen-bond donors (Lipinski definition) is 7. The Morgan fingerprint density at radius 2 is 0.940 bits per heavy atom. The average Bonchev–Trinajstić information content (AvgIpc) is 3.80. The topological polar surface area (TPSA) is 199 Å². The zero-order valence-electron chi connectivity index (χ0n) is 37.7. The van der Waals surface area contributed by atoms with E-state index in [2.05, 4.69) is 10.6 Å². The van der Waals surface area contributed by atoms with E-state index in [1.807, 2.05) is 140 Å². The first-order valence-electron chi connectivity index (χ1n) is 22.9. The highest BCUT2D eigenvalue weighted by Crippen LogP contribution is 2.34. The van der Waals surface area contributed by atoms with E-state index in [0.717, 1.165) is 44.5 Å². The molecule has 6 aromatic rings. The number of carbonyl (C=O) groups is 2. The molecule has 12 heteroatoms. The van der Waals surface area contributed by atoms with Crippen LogP contribution in [0.2, 0.25) is 0 Å². The average molecular weight is 924 g/mol. The van der Waals surface area contributed by atoms with Gasteiger partial charge in [-0.05, 0) is 102 Å². The second-order valence-corrected chi connectivity index (χ2v) is 19.5. The van der Waals surface area contributed by atoms with Crippen LogP contribution in [0.1, 0.15) is 75.0 Å². The van der Waals surface area contributed by atoms with Gasteiger partial charge in [0.05, 0.1) is 41.4 Å². The summed E-state index contributed by atoms with van der Waals surface area (Å²) in [6.45, 7) is 2.04. The van der Waals surface area contributed by atoms with Crippen molar-refractivity contribution in [2.75, 3.05) is 0 Å². The molecular formula is C55H61N3O8S. The fraction of sp³-hybridized carbons (Fsp3) is 0.309. The fourth-order valence-corrected chi connectivity index (χ4v) is 10.3. The molecule has 0 heterocycles. The van der Waals surface area contributed by atoms with Crippen LogP contribution in [0.4, 0.5) is 0 Å². The maximum absolute atomic E-state index is 13.4. The van der Waals surface area contributed by atoms with Gasteiger partial charge in [-0.1, -0.05) is 152 Å². The van der Waals surface area contributed by atoms with Gasteiger partial charge in [0, 0.05) is 24.7 Å². The molecule has 0 aliphatic heterocycles. The SMILES string of the molecule is Cc1ccccc1C[C@@H](O)CC(Cc1ccccc1)C(=O)N[C@H]1c2ccccc2C[C@H]1O.NS(=O)(=O)c1ccccc1CC(O)CC(Cc1ccccc1)C(=O)N[C@H]1c2ccccc2C[C@H]1O. The maximum Gasteiger partial charge on any atom is 0.238 e. The van der Waals surface area contributed by atoms with Gasteiger partial charge >= 0.3 is 0 Å². The fourth-order valence-electron chi connectivity index (χ4n) is 9.52. The van der Waals surface area contributed by atoms with Gasteiger partial charge in [-0.15, -0.1) is 0 Å². The van der Waals surface area contributed by atoms with Crippen LogP contribution in [-0.4, -0.2) is 65.1 Å². The molecule has 0 saturated carbocycles. The smallest absolute Gasteiger partial charge is 0.238 e. The van der Waals surface area contributed by atoms with Crippen molar-refractivity contribution in [1.29, 1.82) is 0 Å². The number of benzene rings is 6. The summed E-state index contributed by atoms with van der Waals surface area (Å²) in [5.74, 6) is -1.38. The number of aryl methyl sites for hydroxylation is 1. The molecule has 2 aliphatic carbocycles. The molecule has 67 heavy (non-hydrogen) atoms. The van der Waals surface area contributed by atoms with Gasteiger partial charge in [0.15, 0.2) is 0 Å². The quantitative estimate of drug-likeness (QED) is 0.0563. The van der Waals surface area contributed by atoms with Gasteiger partial charge in [0.2, 0.25) is 21.8 Å². The van der Waals surface area contributed by atoms with Crippen molar-refractivity contribution in [2.45, 2.75) is 99.7 Å². The molecule has 2 amide bonds. The van der Waals surface area contributed by atoms with Gasteiger partial charge in [0.25, 0.3) is 0 Å². The monoisotopic (exact) mass is 923 g/mol. The third kappa shape index (κ3) is 13.1. The number of sulfonamides is 1. The summed E-state index contributed by atoms with van der Waals surface area (Å²) in [4.78, 5) is 26.8. The lowest BCUT2D eigenvalue weighted by atomic mass is 9.89. The highest BCUT2D eigenvalue weighted by Gasteiger charge is 2.36. The summed E-state index contributed by atoms with van der Waals surface area (Å²) in [5.41, 5.74) is 8.60. The summed E-state index contributed by atoms with van der Waals surface area (Å²) in [6, 6.07) is 48.3. The number of hydrogen-bond acceptors (Lipinski definition) is 8. The Morgan fingerprint density at radius 3 is 1.40 bits per heavy atom. The highest BCUT2D eigenvalue weighted by molar-refractivity contribution is 7.89. The lowest BCUT2D eigenvalue weighted by Crippen LogP contribution is -2.39. The summed E-state index contributed by atoms with van der Waals surface area (Å²) in [5, 5.41) is 54.3. The van der Waals surface area contributed by atoms with E-state index < -0.39 is 58.4 Å². The predicted octanol–water partition coefficient (Wildman–Crippen LogP) is 6.18. The molecule has 8 atom stereocenters. The van der Waals surface area contributed by atoms with Crippen molar-refractivity contribution in [1.82, 2.24) is 10.6 Å². The minimum atomic E-state index is -3.94. The Labute approximate surface area is 393 Å². The molecule has 2 aliphatic rings. The number of amides is 2.